The van der Waals surface area contributed by atoms with E-state index in [1.165, 1.54) is 12.8 Å². The van der Waals surface area contributed by atoms with Crippen LogP contribution in [0.4, 0.5) is 11.4 Å². The Labute approximate surface area is 131 Å². The molecular formula is C17H25N3O2. The molecule has 0 aromatic heterocycles. The lowest BCUT2D eigenvalue weighted by atomic mass is 10.1. The highest BCUT2D eigenvalue weighted by atomic mass is 16.3. The molecule has 1 heterocycles. The number of anilines is 2. The minimum atomic E-state index is -0.190. The van der Waals surface area contributed by atoms with Crippen molar-refractivity contribution in [3.8, 4) is 0 Å². The Balaban J connectivity index is 1.64. The fourth-order valence-electron chi connectivity index (χ4n) is 3.02. The highest BCUT2D eigenvalue weighted by molar-refractivity contribution is 5.95. The number of benzene rings is 1. The quantitative estimate of drug-likeness (QED) is 0.869. The molecule has 0 unspecified atom stereocenters. The molecule has 0 spiro atoms. The summed E-state index contributed by atoms with van der Waals surface area (Å²) in [5.74, 6) is 0.0406. The largest absolute Gasteiger partial charge is 0.393 e. The number of para-hydroxylation sites is 2. The van der Waals surface area contributed by atoms with Crippen LogP contribution in [0.3, 0.4) is 0 Å². The van der Waals surface area contributed by atoms with Crippen molar-refractivity contribution >= 4 is 17.3 Å². The van der Waals surface area contributed by atoms with E-state index < -0.39 is 0 Å². The Morgan fingerprint density at radius 2 is 1.95 bits per heavy atom. The number of hydrogen-bond acceptors (Lipinski definition) is 4. The highest BCUT2D eigenvalue weighted by Crippen LogP contribution is 2.29. The average Bonchev–Trinajstić information content (AvgIpc) is 3.33. The maximum absolute atomic E-state index is 12.2. The lowest BCUT2D eigenvalue weighted by molar-refractivity contribution is -0.117. The van der Waals surface area contributed by atoms with Gasteiger partial charge in [0.05, 0.1) is 24.0 Å². The predicted molar refractivity (Wildman–Crippen MR) is 88.2 cm³/mol. The Hall–Kier alpha value is -1.59. The molecule has 0 bridgehead atoms. The summed E-state index contributed by atoms with van der Waals surface area (Å²) in [5, 5.41) is 12.7. The maximum Gasteiger partial charge on any atom is 0.238 e. The molecule has 1 amide bonds. The van der Waals surface area contributed by atoms with Crippen molar-refractivity contribution in [3.05, 3.63) is 24.3 Å². The Bertz CT molecular complexity index is 522. The van der Waals surface area contributed by atoms with Crippen molar-refractivity contribution in [1.82, 2.24) is 4.90 Å². The number of likely N-dealkylation sites (N-methyl/N-ethyl adjacent to an activating group) is 1. The van der Waals surface area contributed by atoms with Gasteiger partial charge in [-0.2, -0.15) is 0 Å². The highest BCUT2D eigenvalue weighted by Gasteiger charge is 2.27. The molecule has 0 radical (unpaired) electrons. The fourth-order valence-corrected chi connectivity index (χ4v) is 3.02. The summed E-state index contributed by atoms with van der Waals surface area (Å²) >= 11 is 0. The molecule has 1 aromatic carbocycles. The number of carbonyl (C=O) groups is 1. The number of aliphatic hydroxyl groups excluding tert-OH is 1. The van der Waals surface area contributed by atoms with Gasteiger partial charge in [-0.1, -0.05) is 12.1 Å². The Kier molecular flexibility index (Phi) is 4.64. The van der Waals surface area contributed by atoms with E-state index in [4.69, 9.17) is 0 Å². The molecule has 1 saturated carbocycles. The smallest absolute Gasteiger partial charge is 0.238 e. The van der Waals surface area contributed by atoms with Crippen molar-refractivity contribution in [1.29, 1.82) is 0 Å². The molecule has 5 nitrogen and oxygen atoms in total. The van der Waals surface area contributed by atoms with Crippen LogP contribution in [0.15, 0.2) is 24.3 Å². The number of aliphatic hydroxyl groups is 1. The van der Waals surface area contributed by atoms with Crippen LogP contribution >= 0.6 is 0 Å². The first-order chi connectivity index (χ1) is 10.6. The van der Waals surface area contributed by atoms with Crippen molar-refractivity contribution in [2.75, 3.05) is 36.9 Å². The van der Waals surface area contributed by atoms with Gasteiger partial charge in [-0.25, -0.2) is 0 Å². The molecule has 1 aliphatic carbocycles. The molecule has 0 atom stereocenters. The van der Waals surface area contributed by atoms with Crippen LogP contribution in [0.2, 0.25) is 0 Å². The van der Waals surface area contributed by atoms with Gasteiger partial charge >= 0.3 is 0 Å². The van der Waals surface area contributed by atoms with Gasteiger partial charge in [-0.15, -0.1) is 0 Å². The van der Waals surface area contributed by atoms with Crippen LogP contribution in [0.25, 0.3) is 0 Å². The van der Waals surface area contributed by atoms with Crippen LogP contribution in [0.1, 0.15) is 25.7 Å². The molecular weight excluding hydrogens is 278 g/mol. The number of amides is 1. The van der Waals surface area contributed by atoms with Crippen LogP contribution in [-0.4, -0.2) is 54.7 Å². The fraction of sp³-hybridized carbons (Fsp3) is 0.588. The van der Waals surface area contributed by atoms with Gasteiger partial charge in [-0.3, -0.25) is 9.69 Å². The zero-order chi connectivity index (χ0) is 15.5. The van der Waals surface area contributed by atoms with E-state index in [-0.39, 0.29) is 12.0 Å². The summed E-state index contributed by atoms with van der Waals surface area (Å²) in [6, 6.07) is 8.52. The normalized spacial score (nSPS) is 19.5. The first-order valence-electron chi connectivity index (χ1n) is 8.15. The topological polar surface area (TPSA) is 55.8 Å². The zero-order valence-electron chi connectivity index (χ0n) is 13.2. The number of nitrogens with one attached hydrogen (secondary N) is 1. The number of rotatable bonds is 5. The number of piperidine rings is 1. The standard InChI is InChI=1S/C17H25N3O2/c1-19(13-6-7-13)12-17(22)18-15-4-2-3-5-16(15)20-10-8-14(21)9-11-20/h2-5,13-14,21H,6-12H2,1H3,(H,18,22). The molecule has 3 rings (SSSR count). The van der Waals surface area contributed by atoms with Crippen LogP contribution in [-0.2, 0) is 4.79 Å². The van der Waals surface area contributed by atoms with E-state index in [2.05, 4.69) is 15.1 Å². The molecule has 1 aliphatic heterocycles. The summed E-state index contributed by atoms with van der Waals surface area (Å²) in [7, 11) is 2.01. The Morgan fingerprint density at radius 3 is 2.64 bits per heavy atom. The van der Waals surface area contributed by atoms with E-state index in [0.29, 0.717) is 12.6 Å². The predicted octanol–water partition coefficient (Wildman–Crippen LogP) is 1.68. The molecule has 22 heavy (non-hydrogen) atoms. The summed E-state index contributed by atoms with van der Waals surface area (Å²) < 4.78 is 0. The van der Waals surface area contributed by atoms with Gasteiger partial charge in [0, 0.05) is 19.1 Å². The molecule has 2 fully saturated rings. The second-order valence-electron chi connectivity index (χ2n) is 6.43. The zero-order valence-corrected chi connectivity index (χ0v) is 13.2. The van der Waals surface area contributed by atoms with Crippen molar-refractivity contribution in [2.45, 2.75) is 37.8 Å². The van der Waals surface area contributed by atoms with Gasteiger partial charge < -0.3 is 15.3 Å². The minimum absolute atomic E-state index is 0.0406. The third kappa shape index (κ3) is 3.78. The van der Waals surface area contributed by atoms with E-state index in [9.17, 15) is 9.90 Å². The molecule has 2 aliphatic rings. The minimum Gasteiger partial charge on any atom is -0.393 e. The first-order valence-corrected chi connectivity index (χ1v) is 8.15. The average molecular weight is 303 g/mol. The molecule has 1 saturated heterocycles. The lowest BCUT2D eigenvalue weighted by Gasteiger charge is -2.32. The molecule has 1 aromatic rings. The molecule has 5 heteroatoms. The van der Waals surface area contributed by atoms with E-state index in [0.717, 1.165) is 37.3 Å². The SMILES string of the molecule is CN(CC(=O)Nc1ccccc1N1CCC(O)CC1)C1CC1. The van der Waals surface area contributed by atoms with E-state index >= 15 is 0 Å². The van der Waals surface area contributed by atoms with Gasteiger partial charge in [0.1, 0.15) is 0 Å². The summed E-state index contributed by atoms with van der Waals surface area (Å²) in [5.41, 5.74) is 1.92. The summed E-state index contributed by atoms with van der Waals surface area (Å²) in [6.07, 6.45) is 3.79. The summed E-state index contributed by atoms with van der Waals surface area (Å²) in [6.45, 7) is 2.10. The van der Waals surface area contributed by atoms with Crippen molar-refractivity contribution < 1.29 is 9.90 Å². The molecule has 2 N–H and O–H groups in total. The number of hydrogen-bond donors (Lipinski definition) is 2. The van der Waals surface area contributed by atoms with Gasteiger partial charge in [0.15, 0.2) is 0 Å². The van der Waals surface area contributed by atoms with Gasteiger partial charge in [-0.05, 0) is 44.9 Å². The third-order valence-corrected chi connectivity index (χ3v) is 4.55. The van der Waals surface area contributed by atoms with E-state index in [1.54, 1.807) is 0 Å². The van der Waals surface area contributed by atoms with Crippen LogP contribution in [0.5, 0.6) is 0 Å². The maximum atomic E-state index is 12.2. The Morgan fingerprint density at radius 1 is 1.27 bits per heavy atom. The number of carbonyl (C=O) groups excluding carboxylic acids is 1. The van der Waals surface area contributed by atoms with Crippen LogP contribution in [0, 0.1) is 0 Å². The first kappa shape index (κ1) is 15.3. The lowest BCUT2D eigenvalue weighted by Crippen LogP contribution is -2.37. The number of nitrogens with zero attached hydrogens (tertiary/aromatic N) is 2. The van der Waals surface area contributed by atoms with Crippen molar-refractivity contribution in [3.63, 3.8) is 0 Å². The van der Waals surface area contributed by atoms with Crippen LogP contribution < -0.4 is 10.2 Å². The van der Waals surface area contributed by atoms with Crippen molar-refractivity contribution in [2.24, 2.45) is 0 Å². The second kappa shape index (κ2) is 6.67. The van der Waals surface area contributed by atoms with Gasteiger partial charge in [0.2, 0.25) is 5.91 Å². The van der Waals surface area contributed by atoms with E-state index in [1.807, 2.05) is 31.3 Å². The second-order valence-corrected chi connectivity index (χ2v) is 6.43. The summed E-state index contributed by atoms with van der Waals surface area (Å²) in [4.78, 5) is 16.6. The monoisotopic (exact) mass is 303 g/mol. The third-order valence-electron chi connectivity index (χ3n) is 4.55. The molecule has 120 valence electrons. The van der Waals surface area contributed by atoms with Gasteiger partial charge in [0.25, 0.3) is 0 Å².